The maximum absolute atomic E-state index is 6.69. The van der Waals surface area contributed by atoms with Gasteiger partial charge in [0.15, 0.2) is 8.32 Å². The van der Waals surface area contributed by atoms with Gasteiger partial charge in [-0.05, 0) is 25.1 Å². The van der Waals surface area contributed by atoms with Gasteiger partial charge in [-0.25, -0.2) is 0 Å². The van der Waals surface area contributed by atoms with Gasteiger partial charge in [0.25, 0.3) is 0 Å². The maximum atomic E-state index is 6.69. The van der Waals surface area contributed by atoms with Gasteiger partial charge in [-0.2, -0.15) is 0 Å². The lowest BCUT2D eigenvalue weighted by atomic mass is 9.77. The first kappa shape index (κ1) is 16.2. The summed E-state index contributed by atoms with van der Waals surface area (Å²) in [6.07, 6.45) is 2.19. The average Bonchev–Trinajstić information content (AvgIpc) is 2.32. The molecule has 3 aliphatic rings. The number of hydrogen-bond donors (Lipinski definition) is 0. The average molecular weight is 298 g/mol. The minimum absolute atomic E-state index is 0.0517. The van der Waals surface area contributed by atoms with Crippen LogP contribution in [0.2, 0.25) is 18.1 Å². The molecule has 0 aliphatic carbocycles. The van der Waals surface area contributed by atoms with Crippen molar-refractivity contribution < 1.29 is 13.9 Å². The standard InChI is InChI=1S/C16H30O3Si/c1-9-16-10-17-13(12(3)18-16)11(2)14(16)19-20(7,8)15(4,5)6/h9,11-14H,1,10H2,2-8H3. The van der Waals surface area contributed by atoms with Crippen molar-refractivity contribution in [1.29, 1.82) is 0 Å². The quantitative estimate of drug-likeness (QED) is 0.586. The van der Waals surface area contributed by atoms with Crippen LogP contribution in [0, 0.1) is 5.92 Å². The fraction of sp³-hybridized carbons (Fsp3) is 0.875. The van der Waals surface area contributed by atoms with Crippen LogP contribution in [-0.4, -0.2) is 38.8 Å². The molecular formula is C16H30O3Si. The van der Waals surface area contributed by atoms with E-state index in [0.29, 0.717) is 12.5 Å². The van der Waals surface area contributed by atoms with Gasteiger partial charge in [-0.15, -0.1) is 6.58 Å². The molecule has 3 fully saturated rings. The molecule has 2 bridgehead atoms. The molecule has 20 heavy (non-hydrogen) atoms. The van der Waals surface area contributed by atoms with Crippen molar-refractivity contribution in [2.75, 3.05) is 6.61 Å². The lowest BCUT2D eigenvalue weighted by molar-refractivity contribution is -0.302. The number of ether oxygens (including phenoxy) is 2. The normalized spacial score (nSPS) is 41.8. The zero-order valence-corrected chi connectivity index (χ0v) is 15.0. The lowest BCUT2D eigenvalue weighted by Crippen LogP contribution is -2.70. The maximum Gasteiger partial charge on any atom is 0.192 e. The number of hydrogen-bond acceptors (Lipinski definition) is 3. The highest BCUT2D eigenvalue weighted by Gasteiger charge is 2.58. The van der Waals surface area contributed by atoms with Gasteiger partial charge in [-0.1, -0.05) is 33.8 Å². The van der Waals surface area contributed by atoms with Crippen molar-refractivity contribution in [3.05, 3.63) is 12.7 Å². The van der Waals surface area contributed by atoms with E-state index in [1.54, 1.807) is 0 Å². The van der Waals surface area contributed by atoms with Crippen molar-refractivity contribution in [3.63, 3.8) is 0 Å². The lowest BCUT2D eigenvalue weighted by Gasteiger charge is -2.58. The van der Waals surface area contributed by atoms with E-state index in [4.69, 9.17) is 13.9 Å². The van der Waals surface area contributed by atoms with Crippen molar-refractivity contribution >= 4 is 8.32 Å². The van der Waals surface area contributed by atoms with Crippen molar-refractivity contribution in [3.8, 4) is 0 Å². The molecule has 0 aromatic carbocycles. The molecule has 0 aromatic rings. The molecule has 0 aromatic heterocycles. The van der Waals surface area contributed by atoms with E-state index in [0.717, 1.165) is 0 Å². The Morgan fingerprint density at radius 2 is 1.90 bits per heavy atom. The second kappa shape index (κ2) is 4.94. The van der Waals surface area contributed by atoms with Crippen molar-refractivity contribution in [2.24, 2.45) is 5.92 Å². The minimum Gasteiger partial charge on any atom is -0.410 e. The third-order valence-electron chi connectivity index (χ3n) is 5.42. The number of fused-ring (bicyclic) bond motifs is 3. The Labute approximate surface area is 124 Å². The topological polar surface area (TPSA) is 27.7 Å². The minimum atomic E-state index is -1.84. The van der Waals surface area contributed by atoms with E-state index < -0.39 is 13.9 Å². The highest BCUT2D eigenvalue weighted by molar-refractivity contribution is 6.74. The van der Waals surface area contributed by atoms with Crippen LogP contribution < -0.4 is 0 Å². The summed E-state index contributed by atoms with van der Waals surface area (Å²) in [4.78, 5) is 0. The van der Waals surface area contributed by atoms with E-state index in [-0.39, 0.29) is 23.4 Å². The monoisotopic (exact) mass is 298 g/mol. The molecule has 3 nitrogen and oxygen atoms in total. The summed E-state index contributed by atoms with van der Waals surface area (Å²) < 4.78 is 18.9. The predicted molar refractivity (Wildman–Crippen MR) is 84.4 cm³/mol. The Kier molecular flexibility index (Phi) is 4.00. The molecule has 3 saturated heterocycles. The van der Waals surface area contributed by atoms with E-state index >= 15 is 0 Å². The van der Waals surface area contributed by atoms with Gasteiger partial charge in [0.05, 0.1) is 24.9 Å². The summed E-state index contributed by atoms with van der Waals surface area (Å²) >= 11 is 0. The molecule has 0 spiro atoms. The SMILES string of the molecule is C=CC12COC(C(C)O1)C(C)C2O[Si](C)(C)C(C)(C)C. The number of rotatable bonds is 3. The largest absolute Gasteiger partial charge is 0.410 e. The zero-order valence-electron chi connectivity index (χ0n) is 14.0. The molecule has 0 N–H and O–H groups in total. The Morgan fingerprint density at radius 3 is 2.35 bits per heavy atom. The molecule has 3 aliphatic heterocycles. The van der Waals surface area contributed by atoms with Crippen LogP contribution in [0.4, 0.5) is 0 Å². The first-order valence-corrected chi connectivity index (χ1v) is 10.6. The Balaban J connectivity index is 2.29. The third kappa shape index (κ3) is 2.41. The summed E-state index contributed by atoms with van der Waals surface area (Å²) in [5.74, 6) is 0.333. The molecule has 0 saturated carbocycles. The molecule has 3 heterocycles. The highest BCUT2D eigenvalue weighted by atomic mass is 28.4. The molecule has 5 unspecified atom stereocenters. The van der Waals surface area contributed by atoms with E-state index in [2.05, 4.69) is 54.3 Å². The summed E-state index contributed by atoms with van der Waals surface area (Å²) in [6, 6.07) is 0. The Bertz CT molecular complexity index is 388. The predicted octanol–water partition coefficient (Wildman–Crippen LogP) is 3.76. The molecular weight excluding hydrogens is 268 g/mol. The van der Waals surface area contributed by atoms with Crippen LogP contribution in [0.1, 0.15) is 34.6 Å². The molecule has 4 heteroatoms. The van der Waals surface area contributed by atoms with Gasteiger partial charge < -0.3 is 13.9 Å². The summed E-state index contributed by atoms with van der Waals surface area (Å²) in [7, 11) is -1.84. The molecule has 5 atom stereocenters. The second-order valence-electron chi connectivity index (χ2n) is 7.92. The van der Waals surface area contributed by atoms with Gasteiger partial charge in [0.2, 0.25) is 0 Å². The third-order valence-corrected chi connectivity index (χ3v) is 9.88. The van der Waals surface area contributed by atoms with Gasteiger partial charge >= 0.3 is 0 Å². The first-order valence-electron chi connectivity index (χ1n) is 7.65. The summed E-state index contributed by atoms with van der Waals surface area (Å²) in [5, 5.41) is 0.193. The fourth-order valence-electron chi connectivity index (χ4n) is 3.08. The van der Waals surface area contributed by atoms with Crippen molar-refractivity contribution in [1.82, 2.24) is 0 Å². The molecule has 0 amide bonds. The van der Waals surface area contributed by atoms with E-state index in [9.17, 15) is 0 Å². The Hall–Kier alpha value is -0.163. The van der Waals surface area contributed by atoms with Gasteiger partial charge in [-0.3, -0.25) is 0 Å². The van der Waals surface area contributed by atoms with Crippen molar-refractivity contribution in [2.45, 2.75) is 76.7 Å². The van der Waals surface area contributed by atoms with Crippen LogP contribution in [0.5, 0.6) is 0 Å². The summed E-state index contributed by atoms with van der Waals surface area (Å²) in [5.41, 5.74) is -0.483. The van der Waals surface area contributed by atoms with Crippen LogP contribution in [0.25, 0.3) is 0 Å². The second-order valence-corrected chi connectivity index (χ2v) is 12.7. The van der Waals surface area contributed by atoms with Gasteiger partial charge in [0, 0.05) is 5.92 Å². The van der Waals surface area contributed by atoms with Crippen LogP contribution in [-0.2, 0) is 13.9 Å². The van der Waals surface area contributed by atoms with Crippen LogP contribution >= 0.6 is 0 Å². The van der Waals surface area contributed by atoms with Crippen LogP contribution in [0.3, 0.4) is 0 Å². The van der Waals surface area contributed by atoms with E-state index in [1.165, 1.54) is 0 Å². The van der Waals surface area contributed by atoms with Gasteiger partial charge in [0.1, 0.15) is 5.60 Å². The molecule has 3 rings (SSSR count). The summed E-state index contributed by atoms with van der Waals surface area (Å²) in [6.45, 7) is 20.3. The highest BCUT2D eigenvalue weighted by Crippen LogP contribution is 2.47. The molecule has 116 valence electrons. The van der Waals surface area contributed by atoms with E-state index in [1.807, 2.05) is 6.08 Å². The molecule has 0 radical (unpaired) electrons. The smallest absolute Gasteiger partial charge is 0.192 e. The van der Waals surface area contributed by atoms with Crippen LogP contribution in [0.15, 0.2) is 12.7 Å². The zero-order chi connectivity index (χ0) is 15.3. The Morgan fingerprint density at radius 1 is 1.30 bits per heavy atom. The fourth-order valence-corrected chi connectivity index (χ4v) is 4.48. The first-order chi connectivity index (χ1) is 9.04.